The molecule has 0 saturated heterocycles. The maximum absolute atomic E-state index is 12.8. The quantitative estimate of drug-likeness (QED) is 0.658. The van der Waals surface area contributed by atoms with Crippen molar-refractivity contribution in [3.8, 4) is 0 Å². The van der Waals surface area contributed by atoms with Crippen LogP contribution in [0.25, 0.3) is 10.8 Å². The topological polar surface area (TPSA) is 42.9 Å². The van der Waals surface area contributed by atoms with Gasteiger partial charge in [-0.2, -0.15) is 0 Å². The van der Waals surface area contributed by atoms with Crippen LogP contribution >= 0.6 is 0 Å². The highest BCUT2D eigenvalue weighted by Gasteiger charge is 2.13. The lowest BCUT2D eigenvalue weighted by Crippen LogP contribution is -2.04. The van der Waals surface area contributed by atoms with Crippen LogP contribution in [0, 0.1) is 5.82 Å². The van der Waals surface area contributed by atoms with E-state index in [4.69, 9.17) is 0 Å². The zero-order valence-corrected chi connectivity index (χ0v) is 9.88. The molecule has 92 valence electrons. The third-order valence-corrected chi connectivity index (χ3v) is 2.89. The lowest BCUT2D eigenvalue weighted by atomic mass is 10.0. The molecule has 3 nitrogen and oxygen atoms in total. The highest BCUT2D eigenvalue weighted by atomic mass is 19.1. The molecule has 0 radical (unpaired) electrons. The van der Waals surface area contributed by atoms with Crippen molar-refractivity contribution < 1.29 is 9.18 Å². The summed E-state index contributed by atoms with van der Waals surface area (Å²) in [5, 5.41) is 1.70. The zero-order valence-electron chi connectivity index (χ0n) is 9.88. The molecule has 2 aromatic heterocycles. The fourth-order valence-corrected chi connectivity index (χ4v) is 1.96. The fourth-order valence-electron chi connectivity index (χ4n) is 1.96. The minimum atomic E-state index is -0.462. The molecule has 0 amide bonds. The molecular formula is C15H9FN2O. The van der Waals surface area contributed by atoms with Gasteiger partial charge in [-0.3, -0.25) is 9.78 Å². The van der Waals surface area contributed by atoms with Crippen molar-refractivity contribution in [3.63, 3.8) is 0 Å². The van der Waals surface area contributed by atoms with Crippen molar-refractivity contribution in [3.05, 3.63) is 72.1 Å². The summed E-state index contributed by atoms with van der Waals surface area (Å²) in [7, 11) is 0. The first-order chi connectivity index (χ1) is 9.25. The Balaban J connectivity index is 2.14. The fraction of sp³-hybridized carbons (Fsp3) is 0. The van der Waals surface area contributed by atoms with Gasteiger partial charge in [0.25, 0.3) is 0 Å². The van der Waals surface area contributed by atoms with Gasteiger partial charge in [-0.15, -0.1) is 0 Å². The molecule has 19 heavy (non-hydrogen) atoms. The number of rotatable bonds is 2. The molecule has 0 atom stereocenters. The van der Waals surface area contributed by atoms with Gasteiger partial charge >= 0.3 is 0 Å². The summed E-state index contributed by atoms with van der Waals surface area (Å²) < 4.78 is 12.8. The molecule has 0 bridgehead atoms. The van der Waals surface area contributed by atoms with E-state index in [2.05, 4.69) is 9.97 Å². The molecular weight excluding hydrogens is 243 g/mol. The Morgan fingerprint density at radius 2 is 1.95 bits per heavy atom. The molecule has 0 fully saturated rings. The van der Waals surface area contributed by atoms with Gasteiger partial charge in [-0.05, 0) is 23.6 Å². The van der Waals surface area contributed by atoms with Crippen LogP contribution < -0.4 is 0 Å². The van der Waals surface area contributed by atoms with Gasteiger partial charge in [0, 0.05) is 23.3 Å². The molecule has 3 rings (SSSR count). The van der Waals surface area contributed by atoms with Gasteiger partial charge < -0.3 is 0 Å². The van der Waals surface area contributed by atoms with Crippen LogP contribution in [0.3, 0.4) is 0 Å². The van der Waals surface area contributed by atoms with E-state index >= 15 is 0 Å². The number of ketones is 1. The van der Waals surface area contributed by atoms with Crippen molar-refractivity contribution in [1.29, 1.82) is 0 Å². The van der Waals surface area contributed by atoms with Crippen molar-refractivity contribution >= 4 is 16.6 Å². The molecule has 2 heterocycles. The number of nitrogens with zero attached hydrogens (tertiary/aromatic N) is 2. The van der Waals surface area contributed by atoms with E-state index in [0.717, 1.165) is 17.0 Å². The second-order valence-corrected chi connectivity index (χ2v) is 4.09. The van der Waals surface area contributed by atoms with Crippen LogP contribution in [0.2, 0.25) is 0 Å². The Labute approximate surface area is 108 Å². The number of carbonyl (C=O) groups excluding carboxylic acids is 1. The normalized spacial score (nSPS) is 10.6. The van der Waals surface area contributed by atoms with E-state index in [1.165, 1.54) is 12.1 Å². The standard InChI is InChI=1S/C15H9FN2O/c16-11-4-5-14(18-8-11)15(19)12-3-1-2-10-6-7-17-9-13(10)12/h1-9H. The lowest BCUT2D eigenvalue weighted by Gasteiger charge is -2.04. The van der Waals surface area contributed by atoms with Crippen LogP contribution in [0.15, 0.2) is 55.0 Å². The monoisotopic (exact) mass is 252 g/mol. The smallest absolute Gasteiger partial charge is 0.212 e. The van der Waals surface area contributed by atoms with E-state index in [9.17, 15) is 9.18 Å². The van der Waals surface area contributed by atoms with Crippen molar-refractivity contribution in [2.24, 2.45) is 0 Å². The highest BCUT2D eigenvalue weighted by Crippen LogP contribution is 2.19. The van der Waals surface area contributed by atoms with Crippen molar-refractivity contribution in [2.75, 3.05) is 0 Å². The molecule has 0 aliphatic carbocycles. The van der Waals surface area contributed by atoms with E-state index in [1.807, 2.05) is 12.1 Å². The summed E-state index contributed by atoms with van der Waals surface area (Å²) in [4.78, 5) is 20.2. The second kappa shape index (κ2) is 4.57. The van der Waals surface area contributed by atoms with Gasteiger partial charge in [-0.25, -0.2) is 9.37 Å². The molecule has 1 aromatic carbocycles. The summed E-state index contributed by atoms with van der Waals surface area (Å²) in [6, 6.07) is 9.88. The largest absolute Gasteiger partial charge is 0.287 e. The Bertz CT molecular complexity index is 748. The molecule has 0 N–H and O–H groups in total. The first-order valence-corrected chi connectivity index (χ1v) is 5.75. The second-order valence-electron chi connectivity index (χ2n) is 4.09. The van der Waals surface area contributed by atoms with E-state index in [-0.39, 0.29) is 11.5 Å². The lowest BCUT2D eigenvalue weighted by molar-refractivity contribution is 0.103. The Morgan fingerprint density at radius 1 is 1.05 bits per heavy atom. The van der Waals surface area contributed by atoms with Crippen LogP contribution in [0.5, 0.6) is 0 Å². The molecule has 3 aromatic rings. The third-order valence-electron chi connectivity index (χ3n) is 2.89. The number of fused-ring (bicyclic) bond motifs is 1. The molecule has 0 aliphatic heterocycles. The molecule has 0 unspecified atom stereocenters. The number of hydrogen-bond donors (Lipinski definition) is 0. The third kappa shape index (κ3) is 2.08. The first kappa shape index (κ1) is 11.5. The number of hydrogen-bond acceptors (Lipinski definition) is 3. The summed E-state index contributed by atoms with van der Waals surface area (Å²) in [5.41, 5.74) is 0.738. The van der Waals surface area contributed by atoms with Crippen LogP contribution in [0.4, 0.5) is 4.39 Å². The maximum atomic E-state index is 12.8. The van der Waals surface area contributed by atoms with Crippen LogP contribution in [-0.2, 0) is 0 Å². The van der Waals surface area contributed by atoms with E-state index in [0.29, 0.717) is 5.56 Å². The van der Waals surface area contributed by atoms with Gasteiger partial charge in [0.05, 0.1) is 6.20 Å². The number of halogens is 1. The number of benzene rings is 1. The van der Waals surface area contributed by atoms with Gasteiger partial charge in [0.1, 0.15) is 11.5 Å². The number of aromatic nitrogens is 2. The Hall–Kier alpha value is -2.62. The summed E-state index contributed by atoms with van der Waals surface area (Å²) in [6.07, 6.45) is 4.36. The van der Waals surface area contributed by atoms with Gasteiger partial charge in [-0.1, -0.05) is 18.2 Å². The SMILES string of the molecule is O=C(c1ccc(F)cn1)c1cccc2ccncc12. The molecule has 4 heteroatoms. The number of pyridine rings is 2. The van der Waals surface area contributed by atoms with E-state index in [1.54, 1.807) is 24.5 Å². The summed E-state index contributed by atoms with van der Waals surface area (Å²) in [6.45, 7) is 0. The molecule has 0 aliphatic rings. The average molecular weight is 252 g/mol. The zero-order chi connectivity index (χ0) is 13.2. The molecule has 0 saturated carbocycles. The molecule has 0 spiro atoms. The maximum Gasteiger partial charge on any atom is 0.212 e. The van der Waals surface area contributed by atoms with Crippen LogP contribution in [0.1, 0.15) is 16.1 Å². The van der Waals surface area contributed by atoms with Crippen LogP contribution in [-0.4, -0.2) is 15.8 Å². The van der Waals surface area contributed by atoms with Crippen molar-refractivity contribution in [1.82, 2.24) is 9.97 Å². The Morgan fingerprint density at radius 3 is 2.74 bits per heavy atom. The van der Waals surface area contributed by atoms with Crippen molar-refractivity contribution in [2.45, 2.75) is 0 Å². The summed E-state index contributed by atoms with van der Waals surface area (Å²) in [5.74, 6) is -0.699. The number of carbonyl (C=O) groups is 1. The van der Waals surface area contributed by atoms with E-state index < -0.39 is 5.82 Å². The minimum Gasteiger partial charge on any atom is -0.287 e. The first-order valence-electron chi connectivity index (χ1n) is 5.75. The van der Waals surface area contributed by atoms with Gasteiger partial charge in [0.15, 0.2) is 0 Å². The summed E-state index contributed by atoms with van der Waals surface area (Å²) >= 11 is 0. The predicted octanol–water partition coefficient (Wildman–Crippen LogP) is 3.00. The predicted molar refractivity (Wildman–Crippen MR) is 69.4 cm³/mol. The average Bonchev–Trinajstić information content (AvgIpc) is 2.47. The Kier molecular flexibility index (Phi) is 2.76. The van der Waals surface area contributed by atoms with Gasteiger partial charge in [0.2, 0.25) is 5.78 Å². The minimum absolute atomic E-state index is 0.220. The highest BCUT2D eigenvalue weighted by molar-refractivity contribution is 6.15.